The third-order valence-corrected chi connectivity index (χ3v) is 5.00. The van der Waals surface area contributed by atoms with Gasteiger partial charge in [-0.05, 0) is 38.2 Å². The first kappa shape index (κ1) is 16.0. The van der Waals surface area contributed by atoms with Crippen LogP contribution in [-0.4, -0.2) is 53.1 Å². The highest BCUT2D eigenvalue weighted by atomic mass is 16.2. The molecule has 2 aliphatic rings. The summed E-state index contributed by atoms with van der Waals surface area (Å²) in [5, 5.41) is 3.19. The molecule has 1 saturated carbocycles. The molecule has 23 heavy (non-hydrogen) atoms. The van der Waals surface area contributed by atoms with Gasteiger partial charge in [0.2, 0.25) is 5.95 Å². The first-order valence-electron chi connectivity index (χ1n) is 8.70. The first-order valence-corrected chi connectivity index (χ1v) is 8.70. The standard InChI is InChI=1S/C17H27N5O/c1-13-10-18-16(19-11-13)21(2)15-8-5-9-22(12-15)17(23)20-14-6-3-4-7-14/h10-11,14-15H,3-9,12H2,1-2H3,(H,20,23). The van der Waals surface area contributed by atoms with Gasteiger partial charge < -0.3 is 15.1 Å². The summed E-state index contributed by atoms with van der Waals surface area (Å²) >= 11 is 0. The largest absolute Gasteiger partial charge is 0.339 e. The Hall–Kier alpha value is -1.85. The number of hydrogen-bond acceptors (Lipinski definition) is 4. The van der Waals surface area contributed by atoms with Gasteiger partial charge in [0.25, 0.3) is 0 Å². The number of aromatic nitrogens is 2. The summed E-state index contributed by atoms with van der Waals surface area (Å²) in [5.74, 6) is 0.735. The lowest BCUT2D eigenvalue weighted by Gasteiger charge is -2.38. The van der Waals surface area contributed by atoms with Crippen LogP contribution in [0.5, 0.6) is 0 Å². The molecule has 1 unspecified atom stereocenters. The van der Waals surface area contributed by atoms with Gasteiger partial charge in [0.15, 0.2) is 0 Å². The van der Waals surface area contributed by atoms with E-state index in [4.69, 9.17) is 0 Å². The van der Waals surface area contributed by atoms with Crippen molar-refractivity contribution in [3.63, 3.8) is 0 Å². The van der Waals surface area contributed by atoms with Crippen LogP contribution in [0.2, 0.25) is 0 Å². The third kappa shape index (κ3) is 3.92. The lowest BCUT2D eigenvalue weighted by atomic mass is 10.1. The van der Waals surface area contributed by atoms with Gasteiger partial charge in [-0.3, -0.25) is 0 Å². The van der Waals surface area contributed by atoms with Crippen LogP contribution in [0.25, 0.3) is 0 Å². The summed E-state index contributed by atoms with van der Waals surface area (Å²) in [6.07, 6.45) is 10.5. The number of nitrogens with one attached hydrogen (secondary N) is 1. The number of likely N-dealkylation sites (tertiary alicyclic amines) is 1. The number of carbonyl (C=O) groups is 1. The van der Waals surface area contributed by atoms with E-state index in [1.54, 1.807) is 0 Å². The van der Waals surface area contributed by atoms with E-state index in [1.807, 2.05) is 31.3 Å². The van der Waals surface area contributed by atoms with Crippen LogP contribution in [0.15, 0.2) is 12.4 Å². The van der Waals surface area contributed by atoms with Gasteiger partial charge in [0.1, 0.15) is 0 Å². The Morgan fingerprint density at radius 3 is 2.61 bits per heavy atom. The van der Waals surface area contributed by atoms with Crippen molar-refractivity contribution < 1.29 is 4.79 Å². The van der Waals surface area contributed by atoms with Gasteiger partial charge in [0, 0.05) is 44.6 Å². The van der Waals surface area contributed by atoms with Gasteiger partial charge in [-0.15, -0.1) is 0 Å². The Morgan fingerprint density at radius 1 is 1.22 bits per heavy atom. The molecule has 0 bridgehead atoms. The van der Waals surface area contributed by atoms with Crippen LogP contribution in [-0.2, 0) is 0 Å². The number of likely N-dealkylation sites (N-methyl/N-ethyl adjacent to an activating group) is 1. The number of aryl methyl sites for hydroxylation is 1. The zero-order valence-electron chi connectivity index (χ0n) is 14.2. The molecule has 2 fully saturated rings. The normalized spacial score (nSPS) is 22.2. The van der Waals surface area contributed by atoms with Gasteiger partial charge in [-0.2, -0.15) is 0 Å². The number of carbonyl (C=O) groups excluding carboxylic acids is 1. The highest BCUT2D eigenvalue weighted by Crippen LogP contribution is 2.21. The fourth-order valence-corrected chi connectivity index (χ4v) is 3.52. The second-order valence-electron chi connectivity index (χ2n) is 6.84. The smallest absolute Gasteiger partial charge is 0.317 e. The number of amides is 2. The zero-order valence-corrected chi connectivity index (χ0v) is 14.2. The van der Waals surface area contributed by atoms with Crippen molar-refractivity contribution in [1.29, 1.82) is 0 Å². The maximum absolute atomic E-state index is 12.5. The molecule has 0 aromatic carbocycles. The number of piperidine rings is 1. The van der Waals surface area contributed by atoms with Crippen molar-refractivity contribution in [2.24, 2.45) is 0 Å². The minimum absolute atomic E-state index is 0.0971. The molecule has 2 amide bonds. The molecule has 6 nitrogen and oxygen atoms in total. The van der Waals surface area contributed by atoms with Crippen LogP contribution in [0.3, 0.4) is 0 Å². The van der Waals surface area contributed by atoms with Crippen molar-refractivity contribution in [3.8, 4) is 0 Å². The van der Waals surface area contributed by atoms with E-state index < -0.39 is 0 Å². The van der Waals surface area contributed by atoms with Crippen molar-refractivity contribution in [2.75, 3.05) is 25.0 Å². The minimum Gasteiger partial charge on any atom is -0.339 e. The molecule has 0 radical (unpaired) electrons. The Kier molecular flexibility index (Phi) is 4.98. The predicted molar refractivity (Wildman–Crippen MR) is 90.6 cm³/mol. The molecule has 1 N–H and O–H groups in total. The fourth-order valence-electron chi connectivity index (χ4n) is 3.52. The van der Waals surface area contributed by atoms with Crippen LogP contribution in [0, 0.1) is 6.92 Å². The van der Waals surface area contributed by atoms with Crippen LogP contribution in [0.4, 0.5) is 10.7 Å². The van der Waals surface area contributed by atoms with Crippen molar-refractivity contribution in [3.05, 3.63) is 18.0 Å². The van der Waals surface area contributed by atoms with Crippen molar-refractivity contribution in [1.82, 2.24) is 20.2 Å². The molecule has 3 rings (SSSR count). The zero-order chi connectivity index (χ0) is 16.2. The second-order valence-corrected chi connectivity index (χ2v) is 6.84. The van der Waals surface area contributed by atoms with E-state index in [0.29, 0.717) is 6.04 Å². The maximum Gasteiger partial charge on any atom is 0.317 e. The van der Waals surface area contributed by atoms with Gasteiger partial charge in [-0.25, -0.2) is 14.8 Å². The first-order chi connectivity index (χ1) is 11.1. The van der Waals surface area contributed by atoms with E-state index in [-0.39, 0.29) is 12.1 Å². The van der Waals surface area contributed by atoms with E-state index in [1.165, 1.54) is 12.8 Å². The predicted octanol–water partition coefficient (Wildman–Crippen LogP) is 2.34. The molecular formula is C17H27N5O. The van der Waals surface area contributed by atoms with Crippen LogP contribution < -0.4 is 10.2 Å². The topological polar surface area (TPSA) is 61.4 Å². The number of nitrogens with zero attached hydrogens (tertiary/aromatic N) is 4. The monoisotopic (exact) mass is 317 g/mol. The van der Waals surface area contributed by atoms with Crippen LogP contribution >= 0.6 is 0 Å². The van der Waals surface area contributed by atoms with E-state index in [9.17, 15) is 4.79 Å². The van der Waals surface area contributed by atoms with E-state index in [2.05, 4.69) is 20.2 Å². The summed E-state index contributed by atoms with van der Waals surface area (Å²) in [6, 6.07) is 0.752. The molecule has 1 atom stereocenters. The lowest BCUT2D eigenvalue weighted by molar-refractivity contribution is 0.175. The second kappa shape index (κ2) is 7.15. The number of hydrogen-bond donors (Lipinski definition) is 1. The molecule has 1 aromatic heterocycles. The van der Waals surface area contributed by atoms with E-state index in [0.717, 1.165) is 50.3 Å². The Bertz CT molecular complexity index is 526. The molecule has 6 heteroatoms. The highest BCUT2D eigenvalue weighted by molar-refractivity contribution is 5.74. The molecular weight excluding hydrogens is 290 g/mol. The maximum atomic E-state index is 12.5. The van der Waals surface area contributed by atoms with E-state index >= 15 is 0 Å². The molecule has 1 aromatic rings. The molecule has 0 spiro atoms. The number of urea groups is 1. The summed E-state index contributed by atoms with van der Waals surface area (Å²) in [4.78, 5) is 25.3. The highest BCUT2D eigenvalue weighted by Gasteiger charge is 2.28. The Labute approximate surface area is 138 Å². The fraction of sp³-hybridized carbons (Fsp3) is 0.706. The third-order valence-electron chi connectivity index (χ3n) is 5.00. The van der Waals surface area contributed by atoms with Gasteiger partial charge >= 0.3 is 6.03 Å². The summed E-state index contributed by atoms with van der Waals surface area (Å²) in [7, 11) is 2.02. The SMILES string of the molecule is Cc1cnc(N(C)C2CCCN(C(=O)NC3CCCC3)C2)nc1. The average molecular weight is 317 g/mol. The molecule has 1 aliphatic heterocycles. The Balaban J connectivity index is 1.58. The lowest BCUT2D eigenvalue weighted by Crippen LogP contribution is -2.53. The number of anilines is 1. The van der Waals surface area contributed by atoms with Gasteiger partial charge in [0.05, 0.1) is 0 Å². The average Bonchev–Trinajstić information content (AvgIpc) is 3.08. The quantitative estimate of drug-likeness (QED) is 0.929. The Morgan fingerprint density at radius 2 is 1.91 bits per heavy atom. The van der Waals surface area contributed by atoms with Crippen molar-refractivity contribution in [2.45, 2.75) is 57.5 Å². The van der Waals surface area contributed by atoms with Gasteiger partial charge in [-0.1, -0.05) is 12.8 Å². The molecule has 1 saturated heterocycles. The minimum atomic E-state index is 0.0971. The van der Waals surface area contributed by atoms with Crippen molar-refractivity contribution >= 4 is 12.0 Å². The molecule has 126 valence electrons. The van der Waals surface area contributed by atoms with Crippen LogP contribution in [0.1, 0.15) is 44.1 Å². The molecule has 1 aliphatic carbocycles. The summed E-state index contributed by atoms with van der Waals surface area (Å²) in [5.41, 5.74) is 1.06. The summed E-state index contributed by atoms with van der Waals surface area (Å²) in [6.45, 7) is 3.57. The summed E-state index contributed by atoms with van der Waals surface area (Å²) < 4.78 is 0. The number of rotatable bonds is 3. The molecule has 2 heterocycles.